The highest BCUT2D eigenvalue weighted by atomic mass is 32.1. The van der Waals surface area contributed by atoms with Crippen LogP contribution >= 0.6 is 11.3 Å². The maximum atomic E-state index is 12.3. The van der Waals surface area contributed by atoms with Crippen molar-refractivity contribution in [2.24, 2.45) is 0 Å². The number of anilines is 1. The van der Waals surface area contributed by atoms with Gasteiger partial charge in [0.15, 0.2) is 0 Å². The smallest absolute Gasteiger partial charge is 0.275 e. The third-order valence-corrected chi connectivity index (χ3v) is 6.03. The van der Waals surface area contributed by atoms with Gasteiger partial charge >= 0.3 is 0 Å². The Morgan fingerprint density at radius 3 is 2.85 bits per heavy atom. The summed E-state index contributed by atoms with van der Waals surface area (Å²) in [6, 6.07) is 12.4. The van der Waals surface area contributed by atoms with Gasteiger partial charge in [-0.1, -0.05) is 55.0 Å². The molecule has 0 saturated carbocycles. The lowest BCUT2D eigenvalue weighted by atomic mass is 9.92. The highest BCUT2D eigenvalue weighted by Crippen LogP contribution is 2.31. The Morgan fingerprint density at radius 2 is 2.04 bits per heavy atom. The van der Waals surface area contributed by atoms with Crippen LogP contribution in [0.25, 0.3) is 4.96 Å². The summed E-state index contributed by atoms with van der Waals surface area (Å²) < 4.78 is 1.46. The predicted molar refractivity (Wildman–Crippen MR) is 106 cm³/mol. The zero-order chi connectivity index (χ0) is 17.9. The van der Waals surface area contributed by atoms with Crippen molar-refractivity contribution in [1.29, 1.82) is 0 Å². The molecule has 1 aromatic carbocycles. The molecule has 0 amide bonds. The topological polar surface area (TPSA) is 50.5 Å². The molecule has 0 radical (unpaired) electrons. The van der Waals surface area contributed by atoms with Gasteiger partial charge in [-0.25, -0.2) is 4.98 Å². The Morgan fingerprint density at radius 1 is 1.19 bits per heavy atom. The van der Waals surface area contributed by atoms with Crippen molar-refractivity contribution >= 4 is 21.4 Å². The van der Waals surface area contributed by atoms with Gasteiger partial charge in [0.25, 0.3) is 5.56 Å². The number of hydrogen-bond donors (Lipinski definition) is 0. The van der Waals surface area contributed by atoms with Crippen LogP contribution in [0.1, 0.15) is 49.8 Å². The van der Waals surface area contributed by atoms with Gasteiger partial charge in [0.05, 0.1) is 0 Å². The quantitative estimate of drug-likeness (QED) is 0.701. The average Bonchev–Trinajstić information content (AvgIpc) is 2.93. The summed E-state index contributed by atoms with van der Waals surface area (Å²) >= 11 is 1.53. The van der Waals surface area contributed by atoms with E-state index in [0.29, 0.717) is 10.9 Å². The minimum absolute atomic E-state index is 0.0714. The van der Waals surface area contributed by atoms with E-state index >= 15 is 0 Å². The Labute approximate surface area is 157 Å². The van der Waals surface area contributed by atoms with Gasteiger partial charge in [0.2, 0.25) is 10.1 Å². The van der Waals surface area contributed by atoms with Gasteiger partial charge in [-0.2, -0.15) is 4.52 Å². The third kappa shape index (κ3) is 3.51. The van der Waals surface area contributed by atoms with Crippen LogP contribution < -0.4 is 10.5 Å². The Kier molecular flexibility index (Phi) is 5.02. The van der Waals surface area contributed by atoms with Crippen molar-refractivity contribution in [2.75, 3.05) is 18.0 Å². The third-order valence-electron chi connectivity index (χ3n) is 5.06. The number of aryl methyl sites for hydroxylation is 1. The first kappa shape index (κ1) is 17.2. The molecule has 5 nitrogen and oxygen atoms in total. The number of fused-ring (bicyclic) bond motifs is 1. The molecule has 0 bridgehead atoms. The van der Waals surface area contributed by atoms with Gasteiger partial charge in [-0.15, -0.1) is 5.10 Å². The van der Waals surface area contributed by atoms with E-state index in [1.54, 1.807) is 6.07 Å². The number of benzene rings is 1. The van der Waals surface area contributed by atoms with E-state index in [2.05, 4.69) is 52.2 Å². The SMILES string of the molecule is CCCc1cc(=O)n2nc(N3CCCC(c4ccccc4)CC3)sc2n1. The molecule has 1 aliphatic rings. The van der Waals surface area contributed by atoms with E-state index in [1.807, 2.05) is 0 Å². The Bertz CT molecular complexity index is 934. The molecule has 0 aliphatic carbocycles. The summed E-state index contributed by atoms with van der Waals surface area (Å²) in [4.78, 5) is 20.0. The summed E-state index contributed by atoms with van der Waals surface area (Å²) in [7, 11) is 0. The van der Waals surface area contributed by atoms with E-state index in [-0.39, 0.29) is 5.56 Å². The maximum absolute atomic E-state index is 12.3. The molecule has 3 heterocycles. The van der Waals surface area contributed by atoms with Crippen molar-refractivity contribution in [2.45, 2.75) is 44.9 Å². The van der Waals surface area contributed by atoms with E-state index < -0.39 is 0 Å². The molecule has 4 rings (SSSR count). The summed E-state index contributed by atoms with van der Waals surface area (Å²) in [5.74, 6) is 0.604. The maximum Gasteiger partial charge on any atom is 0.275 e. The molecule has 3 aromatic rings. The molecule has 0 spiro atoms. The van der Waals surface area contributed by atoms with E-state index in [9.17, 15) is 4.79 Å². The molecular weight excluding hydrogens is 344 g/mol. The summed E-state index contributed by atoms with van der Waals surface area (Å²) in [6.07, 6.45) is 5.27. The second-order valence-electron chi connectivity index (χ2n) is 6.94. The van der Waals surface area contributed by atoms with Crippen LogP contribution in [-0.4, -0.2) is 27.7 Å². The lowest BCUT2D eigenvalue weighted by Gasteiger charge is -2.18. The molecule has 26 heavy (non-hydrogen) atoms. The zero-order valence-electron chi connectivity index (χ0n) is 15.1. The van der Waals surface area contributed by atoms with Crippen LogP contribution in [-0.2, 0) is 6.42 Å². The second-order valence-corrected chi connectivity index (χ2v) is 7.87. The van der Waals surface area contributed by atoms with Gasteiger partial charge in [0, 0.05) is 24.8 Å². The van der Waals surface area contributed by atoms with Crippen LogP contribution in [0.4, 0.5) is 5.13 Å². The summed E-state index contributed by atoms with van der Waals surface area (Å²) in [6.45, 7) is 4.05. The largest absolute Gasteiger partial charge is 0.347 e. The highest BCUT2D eigenvalue weighted by Gasteiger charge is 2.21. The lowest BCUT2D eigenvalue weighted by molar-refractivity contribution is 0.612. The van der Waals surface area contributed by atoms with Crippen LogP contribution in [0.5, 0.6) is 0 Å². The molecule has 1 atom stereocenters. The van der Waals surface area contributed by atoms with Crippen LogP contribution in [0.3, 0.4) is 0 Å². The summed E-state index contributed by atoms with van der Waals surface area (Å²) in [5, 5.41) is 5.48. The molecule has 1 unspecified atom stereocenters. The molecule has 136 valence electrons. The fourth-order valence-electron chi connectivity index (χ4n) is 3.70. The number of rotatable bonds is 4. The normalized spacial score (nSPS) is 18.2. The number of hydrogen-bond acceptors (Lipinski definition) is 5. The van der Waals surface area contributed by atoms with Gasteiger partial charge in [-0.05, 0) is 37.2 Å². The number of nitrogens with zero attached hydrogens (tertiary/aromatic N) is 4. The fraction of sp³-hybridized carbons (Fsp3) is 0.450. The minimum atomic E-state index is -0.0714. The Balaban J connectivity index is 1.56. The number of aromatic nitrogens is 3. The van der Waals surface area contributed by atoms with Crippen molar-refractivity contribution in [1.82, 2.24) is 14.6 Å². The highest BCUT2D eigenvalue weighted by molar-refractivity contribution is 7.20. The van der Waals surface area contributed by atoms with Crippen LogP contribution in [0.2, 0.25) is 0 Å². The van der Waals surface area contributed by atoms with E-state index in [4.69, 9.17) is 0 Å². The Hall–Kier alpha value is -2.21. The van der Waals surface area contributed by atoms with Crippen molar-refractivity contribution in [3.8, 4) is 0 Å². The molecule has 1 aliphatic heterocycles. The van der Waals surface area contributed by atoms with Crippen molar-refractivity contribution in [3.05, 3.63) is 58.0 Å². The molecule has 1 saturated heterocycles. The van der Waals surface area contributed by atoms with Gasteiger partial charge in [-0.3, -0.25) is 4.79 Å². The lowest BCUT2D eigenvalue weighted by Crippen LogP contribution is -2.24. The van der Waals surface area contributed by atoms with E-state index in [0.717, 1.165) is 49.6 Å². The standard InChI is InChI=1S/C20H24N4OS/c1-2-7-17-14-18(25)24-19(21-17)26-20(22-24)23-12-6-10-16(11-13-23)15-8-4-3-5-9-15/h3-5,8-9,14,16H,2,6-7,10-13H2,1H3. The summed E-state index contributed by atoms with van der Waals surface area (Å²) in [5.41, 5.74) is 2.23. The first-order chi connectivity index (χ1) is 12.7. The average molecular weight is 369 g/mol. The first-order valence-electron chi connectivity index (χ1n) is 9.44. The fourth-order valence-corrected chi connectivity index (χ4v) is 4.68. The molecule has 2 aromatic heterocycles. The van der Waals surface area contributed by atoms with Crippen LogP contribution in [0.15, 0.2) is 41.2 Å². The van der Waals surface area contributed by atoms with Gasteiger partial charge < -0.3 is 4.90 Å². The molecule has 0 N–H and O–H groups in total. The zero-order valence-corrected chi connectivity index (χ0v) is 15.9. The van der Waals surface area contributed by atoms with Crippen molar-refractivity contribution in [3.63, 3.8) is 0 Å². The molecular formula is C20H24N4OS. The minimum Gasteiger partial charge on any atom is -0.347 e. The first-order valence-corrected chi connectivity index (χ1v) is 10.3. The predicted octanol–water partition coefficient (Wildman–Crippen LogP) is 3.88. The molecule has 1 fully saturated rings. The second kappa shape index (κ2) is 7.58. The van der Waals surface area contributed by atoms with Crippen molar-refractivity contribution < 1.29 is 0 Å². The van der Waals surface area contributed by atoms with Gasteiger partial charge in [0.1, 0.15) is 0 Å². The molecule has 6 heteroatoms. The van der Waals surface area contributed by atoms with Crippen LogP contribution in [0, 0.1) is 0 Å². The monoisotopic (exact) mass is 368 g/mol. The van der Waals surface area contributed by atoms with E-state index in [1.165, 1.54) is 27.8 Å².